The lowest BCUT2D eigenvalue weighted by Gasteiger charge is -2.17. The van der Waals surface area contributed by atoms with Crippen LogP contribution in [-0.4, -0.2) is 20.3 Å². The Labute approximate surface area is 148 Å². The first kappa shape index (κ1) is 15.9. The molecule has 0 atom stereocenters. The minimum Gasteiger partial charge on any atom is -0.305 e. The van der Waals surface area contributed by atoms with E-state index in [4.69, 9.17) is 0 Å². The van der Waals surface area contributed by atoms with E-state index in [-0.39, 0.29) is 11.3 Å². The number of fused-ring (bicyclic) bond motifs is 1. The van der Waals surface area contributed by atoms with E-state index in [9.17, 15) is 4.79 Å². The molecule has 0 fully saturated rings. The Kier molecular flexibility index (Phi) is 4.09. The van der Waals surface area contributed by atoms with E-state index < -0.39 is 0 Å². The molecule has 3 rings (SSSR count). The van der Waals surface area contributed by atoms with Crippen LogP contribution in [0.1, 0.15) is 36.8 Å². The molecule has 0 aromatic carbocycles. The molecular formula is C17H17IN4O. The molecule has 118 valence electrons. The summed E-state index contributed by atoms with van der Waals surface area (Å²) >= 11 is 2.24. The average Bonchev–Trinajstić information content (AvgIpc) is 2.87. The second kappa shape index (κ2) is 5.92. The summed E-state index contributed by atoms with van der Waals surface area (Å²) in [4.78, 5) is 21.1. The summed E-state index contributed by atoms with van der Waals surface area (Å²) in [5.74, 6) is 0.313. The van der Waals surface area contributed by atoms with Crippen molar-refractivity contribution in [1.82, 2.24) is 14.4 Å². The van der Waals surface area contributed by atoms with Gasteiger partial charge in [0.1, 0.15) is 5.65 Å². The van der Waals surface area contributed by atoms with Gasteiger partial charge in [0.05, 0.1) is 11.8 Å². The Bertz CT molecular complexity index is 862. The van der Waals surface area contributed by atoms with Gasteiger partial charge in [0.25, 0.3) is 5.91 Å². The number of carbonyl (C=O) groups excluding carboxylic acids is 1. The van der Waals surface area contributed by atoms with Gasteiger partial charge >= 0.3 is 0 Å². The van der Waals surface area contributed by atoms with Crippen LogP contribution >= 0.6 is 22.6 Å². The second-order valence-corrected chi connectivity index (χ2v) is 7.62. The van der Waals surface area contributed by atoms with E-state index in [0.717, 1.165) is 14.9 Å². The van der Waals surface area contributed by atoms with Gasteiger partial charge in [-0.05, 0) is 46.9 Å². The van der Waals surface area contributed by atoms with Gasteiger partial charge in [-0.15, -0.1) is 0 Å². The summed E-state index contributed by atoms with van der Waals surface area (Å²) in [6.45, 7) is 6.27. The first-order valence-corrected chi connectivity index (χ1v) is 8.33. The number of rotatable bonds is 2. The quantitative estimate of drug-likeness (QED) is 0.641. The zero-order valence-electron chi connectivity index (χ0n) is 13.2. The zero-order valence-corrected chi connectivity index (χ0v) is 15.3. The van der Waals surface area contributed by atoms with E-state index in [1.807, 2.05) is 28.8 Å². The lowest BCUT2D eigenvalue weighted by molar-refractivity contribution is 0.102. The Balaban J connectivity index is 1.80. The van der Waals surface area contributed by atoms with E-state index in [1.54, 1.807) is 18.5 Å². The lowest BCUT2D eigenvalue weighted by atomic mass is 9.91. The van der Waals surface area contributed by atoms with Crippen molar-refractivity contribution in [3.63, 3.8) is 0 Å². The van der Waals surface area contributed by atoms with E-state index in [1.165, 1.54) is 0 Å². The number of nitrogens with zero attached hydrogens (tertiary/aromatic N) is 3. The Morgan fingerprint density at radius 3 is 2.61 bits per heavy atom. The van der Waals surface area contributed by atoms with Gasteiger partial charge in [-0.25, -0.2) is 4.98 Å². The topological polar surface area (TPSA) is 59.3 Å². The van der Waals surface area contributed by atoms with Crippen molar-refractivity contribution in [1.29, 1.82) is 0 Å². The Morgan fingerprint density at radius 1 is 1.17 bits per heavy atom. The summed E-state index contributed by atoms with van der Waals surface area (Å²) in [6, 6.07) is 7.57. The van der Waals surface area contributed by atoms with E-state index in [0.29, 0.717) is 11.4 Å². The molecule has 1 N–H and O–H groups in total. The predicted molar refractivity (Wildman–Crippen MR) is 98.8 cm³/mol. The molecule has 5 nitrogen and oxygen atoms in total. The van der Waals surface area contributed by atoms with Crippen molar-refractivity contribution < 1.29 is 4.79 Å². The van der Waals surface area contributed by atoms with Crippen molar-refractivity contribution in [2.24, 2.45) is 0 Å². The fourth-order valence-electron chi connectivity index (χ4n) is 2.19. The molecule has 0 aliphatic heterocycles. The Hall–Kier alpha value is -1.96. The van der Waals surface area contributed by atoms with Gasteiger partial charge in [-0.3, -0.25) is 9.78 Å². The zero-order chi connectivity index (χ0) is 16.6. The van der Waals surface area contributed by atoms with Crippen molar-refractivity contribution >= 4 is 40.0 Å². The first-order valence-electron chi connectivity index (χ1n) is 7.25. The molecule has 0 bridgehead atoms. The maximum atomic E-state index is 12.3. The number of hydrogen-bond donors (Lipinski definition) is 1. The van der Waals surface area contributed by atoms with Gasteiger partial charge in [0.2, 0.25) is 0 Å². The van der Waals surface area contributed by atoms with Gasteiger partial charge in [-0.1, -0.05) is 20.8 Å². The Morgan fingerprint density at radius 2 is 1.96 bits per heavy atom. The van der Waals surface area contributed by atoms with Crippen LogP contribution in [0.25, 0.3) is 5.65 Å². The molecule has 3 heterocycles. The fraction of sp³-hybridized carbons (Fsp3) is 0.235. The third-order valence-electron chi connectivity index (χ3n) is 3.45. The molecule has 1 amide bonds. The number of halogens is 1. The van der Waals surface area contributed by atoms with Crippen LogP contribution in [0.15, 0.2) is 42.9 Å². The predicted octanol–water partition coefficient (Wildman–Crippen LogP) is 3.88. The molecule has 6 heteroatoms. The smallest absolute Gasteiger partial charge is 0.258 e. The van der Waals surface area contributed by atoms with Crippen molar-refractivity contribution in [2.75, 3.05) is 5.32 Å². The number of hydrogen-bond acceptors (Lipinski definition) is 3. The minimum absolute atomic E-state index is 0.0340. The van der Waals surface area contributed by atoms with Crippen LogP contribution in [0.3, 0.4) is 0 Å². The summed E-state index contributed by atoms with van der Waals surface area (Å²) < 4.78 is 2.99. The summed E-state index contributed by atoms with van der Waals surface area (Å²) in [5.41, 5.74) is 2.23. The number of anilines is 1. The van der Waals surface area contributed by atoms with E-state index in [2.05, 4.69) is 58.6 Å². The van der Waals surface area contributed by atoms with Gasteiger partial charge in [0.15, 0.2) is 5.82 Å². The minimum atomic E-state index is -0.212. The normalized spacial score (nSPS) is 11.7. The SMILES string of the molecule is CC(C)(C)c1ccc(C(=O)Nc2cn3cc(I)ccc3n2)cn1. The highest BCUT2D eigenvalue weighted by atomic mass is 127. The van der Waals surface area contributed by atoms with Crippen LogP contribution < -0.4 is 5.32 Å². The van der Waals surface area contributed by atoms with E-state index >= 15 is 0 Å². The number of carbonyl (C=O) groups is 1. The van der Waals surface area contributed by atoms with Crippen LogP contribution in [0, 0.1) is 3.57 Å². The largest absolute Gasteiger partial charge is 0.305 e. The van der Waals surface area contributed by atoms with Crippen molar-refractivity contribution in [3.8, 4) is 0 Å². The molecule has 0 aliphatic carbocycles. The van der Waals surface area contributed by atoms with Gasteiger partial charge < -0.3 is 9.72 Å². The number of amides is 1. The molecule has 0 aliphatic rings. The number of nitrogens with one attached hydrogen (secondary N) is 1. The molecule has 0 saturated heterocycles. The second-order valence-electron chi connectivity index (χ2n) is 6.38. The highest BCUT2D eigenvalue weighted by Gasteiger charge is 2.16. The standard InChI is InChI=1S/C17H17IN4O/c1-17(2,3)13-6-4-11(8-19-13)16(23)21-14-10-22-9-12(18)5-7-15(22)20-14/h4-10H,1-3H3,(H,21,23). The monoisotopic (exact) mass is 420 g/mol. The molecular weight excluding hydrogens is 403 g/mol. The molecule has 0 saturated carbocycles. The summed E-state index contributed by atoms with van der Waals surface area (Å²) in [7, 11) is 0. The number of imidazole rings is 1. The fourth-order valence-corrected chi connectivity index (χ4v) is 2.67. The molecule has 0 radical (unpaired) electrons. The van der Waals surface area contributed by atoms with Gasteiger partial charge in [0, 0.05) is 27.1 Å². The summed E-state index contributed by atoms with van der Waals surface area (Å²) in [5, 5.41) is 2.81. The third-order valence-corrected chi connectivity index (χ3v) is 4.09. The molecule has 0 unspecified atom stereocenters. The highest BCUT2D eigenvalue weighted by molar-refractivity contribution is 14.1. The van der Waals surface area contributed by atoms with Crippen LogP contribution in [0.2, 0.25) is 0 Å². The molecule has 3 aromatic rings. The lowest BCUT2D eigenvalue weighted by Crippen LogP contribution is -2.16. The third kappa shape index (κ3) is 3.52. The van der Waals surface area contributed by atoms with Crippen LogP contribution in [0.4, 0.5) is 5.82 Å². The van der Waals surface area contributed by atoms with Crippen molar-refractivity contribution in [2.45, 2.75) is 26.2 Å². The molecule has 23 heavy (non-hydrogen) atoms. The van der Waals surface area contributed by atoms with Crippen molar-refractivity contribution in [3.05, 3.63) is 57.7 Å². The average molecular weight is 420 g/mol. The summed E-state index contributed by atoms with van der Waals surface area (Å²) in [6.07, 6.45) is 5.36. The number of pyridine rings is 2. The van der Waals surface area contributed by atoms with Crippen LogP contribution in [-0.2, 0) is 5.41 Å². The maximum absolute atomic E-state index is 12.3. The van der Waals surface area contributed by atoms with Crippen LogP contribution in [0.5, 0.6) is 0 Å². The van der Waals surface area contributed by atoms with Gasteiger partial charge in [-0.2, -0.15) is 0 Å². The highest BCUT2D eigenvalue weighted by Crippen LogP contribution is 2.20. The molecule has 0 spiro atoms. The number of aromatic nitrogens is 3. The maximum Gasteiger partial charge on any atom is 0.258 e. The first-order chi connectivity index (χ1) is 10.8. The molecule has 3 aromatic heterocycles.